The molecule has 0 saturated carbocycles. The van der Waals surface area contributed by atoms with Crippen molar-refractivity contribution in [3.8, 4) is 0 Å². The third-order valence-electron chi connectivity index (χ3n) is 5.43. The molecule has 3 N–H and O–H groups in total. The van der Waals surface area contributed by atoms with Crippen molar-refractivity contribution in [1.29, 1.82) is 0 Å². The normalized spacial score (nSPS) is 17.1. The van der Waals surface area contributed by atoms with Crippen LogP contribution in [0.2, 0.25) is 5.02 Å². The summed E-state index contributed by atoms with van der Waals surface area (Å²) in [5, 5.41) is 1.65. The number of fused-ring (bicyclic) bond motifs is 2. The molecule has 0 unspecified atom stereocenters. The molecule has 0 bridgehead atoms. The molecule has 0 aliphatic carbocycles. The van der Waals surface area contributed by atoms with Crippen molar-refractivity contribution in [2.24, 2.45) is 0 Å². The van der Waals surface area contributed by atoms with Gasteiger partial charge in [-0.3, -0.25) is 4.90 Å². The van der Waals surface area contributed by atoms with E-state index in [1.807, 2.05) is 16.7 Å². The molecular weight excluding hydrogens is 426 g/mol. The Labute approximate surface area is 177 Å². The number of H-pyrrole nitrogens is 1. The Morgan fingerprint density at radius 3 is 2.70 bits per heavy atom. The number of aromatic nitrogens is 5. The first-order valence-electron chi connectivity index (χ1n) is 9.52. The number of imidazole rings is 1. The summed E-state index contributed by atoms with van der Waals surface area (Å²) in [4.78, 5) is 18.3. The Morgan fingerprint density at radius 2 is 1.90 bits per heavy atom. The van der Waals surface area contributed by atoms with Crippen LogP contribution in [0.15, 0.2) is 30.9 Å². The number of hydrogen-bond acceptors (Lipinski definition) is 7. The zero-order valence-electron chi connectivity index (χ0n) is 16.0. The second kappa shape index (κ2) is 7.22. The number of benzene rings is 1. The Morgan fingerprint density at radius 1 is 1.10 bits per heavy atom. The SMILES string of the molecule is Nc1ncnc2c1ncn2Cc1cc(Cl)cc2cc(CN3CCS(=O)(=O)CC3)[nH]c12. The highest BCUT2D eigenvalue weighted by molar-refractivity contribution is 7.91. The summed E-state index contributed by atoms with van der Waals surface area (Å²) in [7, 11) is -2.89. The van der Waals surface area contributed by atoms with Gasteiger partial charge in [0.1, 0.15) is 11.8 Å². The van der Waals surface area contributed by atoms with Crippen LogP contribution in [0.25, 0.3) is 22.1 Å². The second-order valence-electron chi connectivity index (χ2n) is 7.56. The number of sulfone groups is 1. The predicted octanol–water partition coefficient (Wildman–Crippen LogP) is 1.82. The van der Waals surface area contributed by atoms with Gasteiger partial charge in [0.25, 0.3) is 0 Å². The number of anilines is 1. The van der Waals surface area contributed by atoms with Crippen molar-refractivity contribution in [3.63, 3.8) is 0 Å². The van der Waals surface area contributed by atoms with Gasteiger partial charge in [-0.2, -0.15) is 0 Å². The van der Waals surface area contributed by atoms with E-state index < -0.39 is 9.84 Å². The third-order valence-corrected chi connectivity index (χ3v) is 7.26. The average molecular weight is 446 g/mol. The van der Waals surface area contributed by atoms with Crippen LogP contribution < -0.4 is 5.73 Å². The molecule has 1 saturated heterocycles. The number of nitrogens with one attached hydrogen (secondary N) is 1. The smallest absolute Gasteiger partial charge is 0.165 e. The van der Waals surface area contributed by atoms with Crippen LogP contribution in [0, 0.1) is 0 Å². The van der Waals surface area contributed by atoms with Gasteiger partial charge in [0.05, 0.1) is 29.9 Å². The van der Waals surface area contributed by atoms with E-state index in [4.69, 9.17) is 17.3 Å². The molecule has 1 aliphatic rings. The van der Waals surface area contributed by atoms with Crippen molar-refractivity contribution in [1.82, 2.24) is 29.4 Å². The lowest BCUT2D eigenvalue weighted by molar-refractivity contribution is 0.285. The Bertz CT molecular complexity index is 1350. The molecule has 9 nitrogen and oxygen atoms in total. The number of hydrogen-bond donors (Lipinski definition) is 2. The fourth-order valence-corrected chi connectivity index (χ4v) is 5.42. The molecule has 0 radical (unpaired) electrons. The minimum absolute atomic E-state index is 0.211. The van der Waals surface area contributed by atoms with E-state index in [-0.39, 0.29) is 11.5 Å². The Hall–Kier alpha value is -2.69. The van der Waals surface area contributed by atoms with Crippen molar-refractivity contribution in [2.75, 3.05) is 30.3 Å². The number of nitrogens with two attached hydrogens (primary N) is 1. The van der Waals surface area contributed by atoms with E-state index in [0.717, 1.165) is 22.2 Å². The van der Waals surface area contributed by atoms with Gasteiger partial charge in [0.2, 0.25) is 0 Å². The van der Waals surface area contributed by atoms with Crippen LogP contribution in [0.4, 0.5) is 5.82 Å². The first-order chi connectivity index (χ1) is 14.4. The van der Waals surface area contributed by atoms with Gasteiger partial charge in [0.15, 0.2) is 21.3 Å². The fourth-order valence-electron chi connectivity index (χ4n) is 3.89. The minimum Gasteiger partial charge on any atom is -0.382 e. The maximum absolute atomic E-state index is 11.7. The Kier molecular flexibility index (Phi) is 4.64. The van der Waals surface area contributed by atoms with Gasteiger partial charge in [0, 0.05) is 35.7 Å². The second-order valence-corrected chi connectivity index (χ2v) is 10.3. The summed E-state index contributed by atoms with van der Waals surface area (Å²) >= 11 is 6.38. The van der Waals surface area contributed by atoms with E-state index in [1.54, 1.807) is 6.33 Å². The summed E-state index contributed by atoms with van der Waals surface area (Å²) in [6.07, 6.45) is 3.12. The van der Waals surface area contributed by atoms with Crippen LogP contribution in [0.3, 0.4) is 0 Å². The van der Waals surface area contributed by atoms with Crippen molar-refractivity contribution < 1.29 is 8.42 Å². The zero-order chi connectivity index (χ0) is 20.9. The third kappa shape index (κ3) is 3.62. The predicted molar refractivity (Wildman–Crippen MR) is 116 cm³/mol. The van der Waals surface area contributed by atoms with Gasteiger partial charge in [-0.15, -0.1) is 0 Å². The molecule has 5 rings (SSSR count). The van der Waals surface area contributed by atoms with Crippen LogP contribution >= 0.6 is 11.6 Å². The van der Waals surface area contributed by atoms with E-state index in [2.05, 4.69) is 30.9 Å². The van der Waals surface area contributed by atoms with Crippen molar-refractivity contribution in [2.45, 2.75) is 13.1 Å². The lowest BCUT2D eigenvalue weighted by Crippen LogP contribution is -2.39. The molecule has 1 fully saturated rings. The number of nitrogens with zero attached hydrogens (tertiary/aromatic N) is 5. The van der Waals surface area contributed by atoms with Gasteiger partial charge in [-0.1, -0.05) is 11.6 Å². The molecule has 3 aromatic heterocycles. The van der Waals surface area contributed by atoms with Gasteiger partial charge >= 0.3 is 0 Å². The highest BCUT2D eigenvalue weighted by Gasteiger charge is 2.22. The molecule has 11 heteroatoms. The van der Waals surface area contributed by atoms with Crippen LogP contribution in [0.1, 0.15) is 11.3 Å². The van der Waals surface area contributed by atoms with Gasteiger partial charge < -0.3 is 15.3 Å². The van der Waals surface area contributed by atoms with Gasteiger partial charge in [-0.25, -0.2) is 23.4 Å². The lowest BCUT2D eigenvalue weighted by Gasteiger charge is -2.25. The van der Waals surface area contributed by atoms with E-state index in [1.165, 1.54) is 6.33 Å². The fraction of sp³-hybridized carbons (Fsp3) is 0.316. The number of rotatable bonds is 4. The summed E-state index contributed by atoms with van der Waals surface area (Å²) < 4.78 is 25.2. The molecule has 4 aromatic rings. The molecule has 1 aromatic carbocycles. The van der Waals surface area contributed by atoms with Crippen LogP contribution in [-0.2, 0) is 22.9 Å². The standard InChI is InChI=1S/C19H20ClN7O2S/c20-14-5-12-7-15(9-26-1-3-30(28,29)4-2-26)25-16(12)13(6-14)8-27-11-24-17-18(21)22-10-23-19(17)27/h5-7,10-11,25H,1-4,8-9H2,(H2,21,22,23). The van der Waals surface area contributed by atoms with E-state index in [9.17, 15) is 8.42 Å². The maximum Gasteiger partial charge on any atom is 0.165 e. The van der Waals surface area contributed by atoms with E-state index in [0.29, 0.717) is 48.2 Å². The highest BCUT2D eigenvalue weighted by atomic mass is 35.5. The molecule has 0 atom stereocenters. The molecule has 0 spiro atoms. The van der Waals surface area contributed by atoms with Gasteiger partial charge in [-0.05, 0) is 23.8 Å². The maximum atomic E-state index is 11.7. The number of aromatic amines is 1. The van der Waals surface area contributed by atoms with Crippen molar-refractivity contribution in [3.05, 3.63) is 47.1 Å². The molecule has 1 aliphatic heterocycles. The average Bonchev–Trinajstić information content (AvgIpc) is 3.28. The summed E-state index contributed by atoms with van der Waals surface area (Å²) in [5.74, 6) is 0.770. The zero-order valence-corrected chi connectivity index (χ0v) is 17.6. The van der Waals surface area contributed by atoms with Crippen molar-refractivity contribution >= 4 is 49.3 Å². The monoisotopic (exact) mass is 445 g/mol. The first-order valence-corrected chi connectivity index (χ1v) is 11.7. The molecule has 4 heterocycles. The van der Waals surface area contributed by atoms with Crippen LogP contribution in [0.5, 0.6) is 0 Å². The number of halogens is 1. The Balaban J connectivity index is 1.46. The topological polar surface area (TPSA) is 123 Å². The first kappa shape index (κ1) is 19.3. The molecular formula is C19H20ClN7O2S. The largest absolute Gasteiger partial charge is 0.382 e. The highest BCUT2D eigenvalue weighted by Crippen LogP contribution is 2.27. The lowest BCUT2D eigenvalue weighted by atomic mass is 10.1. The van der Waals surface area contributed by atoms with E-state index >= 15 is 0 Å². The molecule has 30 heavy (non-hydrogen) atoms. The molecule has 156 valence electrons. The summed E-state index contributed by atoms with van der Waals surface area (Å²) in [6, 6.07) is 5.92. The number of nitrogen functional groups attached to an aromatic ring is 1. The quantitative estimate of drug-likeness (QED) is 0.491. The minimum atomic E-state index is -2.89. The summed E-state index contributed by atoms with van der Waals surface area (Å²) in [6.45, 7) is 2.28. The summed E-state index contributed by atoms with van der Waals surface area (Å²) in [5.41, 5.74) is 10.1. The molecule has 0 amide bonds. The van der Waals surface area contributed by atoms with Crippen LogP contribution in [-0.4, -0.2) is 62.4 Å².